The van der Waals surface area contributed by atoms with Crippen molar-refractivity contribution in [1.29, 1.82) is 0 Å². The van der Waals surface area contributed by atoms with E-state index in [0.29, 0.717) is 11.6 Å². The quantitative estimate of drug-likeness (QED) is 0.841. The first-order valence-corrected chi connectivity index (χ1v) is 7.99. The van der Waals surface area contributed by atoms with E-state index in [1.54, 1.807) is 12.1 Å². The van der Waals surface area contributed by atoms with Crippen molar-refractivity contribution in [3.8, 4) is 0 Å². The minimum atomic E-state index is -0.366. The SMILES string of the molecule is CCSC1CCCC1NCc1ccc(C(N)=O)cc1. The number of hydrogen-bond donors (Lipinski definition) is 2. The molecule has 1 aliphatic rings. The van der Waals surface area contributed by atoms with Gasteiger partial charge in [-0.1, -0.05) is 25.5 Å². The van der Waals surface area contributed by atoms with E-state index in [2.05, 4.69) is 24.0 Å². The number of benzene rings is 1. The molecule has 0 radical (unpaired) electrons. The number of thioether (sulfide) groups is 1. The molecule has 2 atom stereocenters. The smallest absolute Gasteiger partial charge is 0.248 e. The van der Waals surface area contributed by atoms with Crippen molar-refractivity contribution in [3.05, 3.63) is 35.4 Å². The minimum Gasteiger partial charge on any atom is -0.366 e. The molecule has 1 saturated carbocycles. The van der Waals surface area contributed by atoms with Crippen LogP contribution in [-0.4, -0.2) is 23.0 Å². The molecule has 1 aromatic rings. The summed E-state index contributed by atoms with van der Waals surface area (Å²) in [6, 6.07) is 8.17. The summed E-state index contributed by atoms with van der Waals surface area (Å²) in [5.74, 6) is 0.825. The lowest BCUT2D eigenvalue weighted by molar-refractivity contribution is 0.100. The molecule has 0 bridgehead atoms. The second kappa shape index (κ2) is 6.96. The fourth-order valence-electron chi connectivity index (χ4n) is 2.61. The van der Waals surface area contributed by atoms with Crippen molar-refractivity contribution in [2.24, 2.45) is 5.73 Å². The summed E-state index contributed by atoms with van der Waals surface area (Å²) >= 11 is 2.06. The second-order valence-electron chi connectivity index (χ2n) is 4.97. The van der Waals surface area contributed by atoms with Crippen LogP contribution in [0.4, 0.5) is 0 Å². The topological polar surface area (TPSA) is 55.1 Å². The molecule has 1 fully saturated rings. The molecule has 0 aliphatic heterocycles. The lowest BCUT2D eigenvalue weighted by atomic mass is 10.1. The predicted molar refractivity (Wildman–Crippen MR) is 81.4 cm³/mol. The molecule has 1 amide bonds. The number of nitrogens with one attached hydrogen (secondary N) is 1. The summed E-state index contributed by atoms with van der Waals surface area (Å²) in [7, 11) is 0. The van der Waals surface area contributed by atoms with E-state index in [1.165, 1.54) is 30.6 Å². The van der Waals surface area contributed by atoms with E-state index in [4.69, 9.17) is 5.73 Å². The van der Waals surface area contributed by atoms with Crippen LogP contribution in [0.3, 0.4) is 0 Å². The summed E-state index contributed by atoms with van der Waals surface area (Å²) in [5, 5.41) is 4.40. The van der Waals surface area contributed by atoms with Crippen LogP contribution in [0.1, 0.15) is 42.1 Å². The second-order valence-corrected chi connectivity index (χ2v) is 6.49. The van der Waals surface area contributed by atoms with Crippen molar-refractivity contribution in [1.82, 2.24) is 5.32 Å². The zero-order valence-corrected chi connectivity index (χ0v) is 12.2. The van der Waals surface area contributed by atoms with Gasteiger partial charge >= 0.3 is 0 Å². The third kappa shape index (κ3) is 3.98. The minimum absolute atomic E-state index is 0.366. The van der Waals surface area contributed by atoms with Crippen LogP contribution in [0.5, 0.6) is 0 Å². The average Bonchev–Trinajstić information content (AvgIpc) is 2.85. The highest BCUT2D eigenvalue weighted by molar-refractivity contribution is 7.99. The Kier molecular flexibility index (Phi) is 5.28. The zero-order valence-electron chi connectivity index (χ0n) is 11.4. The summed E-state index contributed by atoms with van der Waals surface area (Å²) in [5.41, 5.74) is 7.01. The molecule has 1 aliphatic carbocycles. The van der Waals surface area contributed by atoms with Gasteiger partial charge in [-0.25, -0.2) is 0 Å². The monoisotopic (exact) mass is 278 g/mol. The number of carbonyl (C=O) groups is 1. The van der Waals surface area contributed by atoms with Gasteiger partial charge in [0.25, 0.3) is 0 Å². The summed E-state index contributed by atoms with van der Waals surface area (Å²) in [6.45, 7) is 3.09. The van der Waals surface area contributed by atoms with E-state index in [-0.39, 0.29) is 5.91 Å². The Morgan fingerprint density at radius 1 is 1.37 bits per heavy atom. The van der Waals surface area contributed by atoms with Gasteiger partial charge in [-0.05, 0) is 36.3 Å². The molecule has 0 spiro atoms. The van der Waals surface area contributed by atoms with Gasteiger partial charge in [0.1, 0.15) is 0 Å². The molecular weight excluding hydrogens is 256 g/mol. The van der Waals surface area contributed by atoms with Crippen molar-refractivity contribution in [2.75, 3.05) is 5.75 Å². The van der Waals surface area contributed by atoms with Gasteiger partial charge in [0.15, 0.2) is 0 Å². The Morgan fingerprint density at radius 3 is 2.74 bits per heavy atom. The lowest BCUT2D eigenvalue weighted by Gasteiger charge is -2.20. The molecule has 0 aromatic heterocycles. The van der Waals surface area contributed by atoms with Gasteiger partial charge in [0, 0.05) is 23.4 Å². The maximum atomic E-state index is 11.0. The highest BCUT2D eigenvalue weighted by atomic mass is 32.2. The highest BCUT2D eigenvalue weighted by Crippen LogP contribution is 2.30. The molecule has 4 heteroatoms. The average molecular weight is 278 g/mol. The zero-order chi connectivity index (χ0) is 13.7. The molecule has 0 heterocycles. The molecule has 2 unspecified atom stereocenters. The van der Waals surface area contributed by atoms with E-state index in [0.717, 1.165) is 11.8 Å². The molecule has 104 valence electrons. The molecule has 1 aromatic carbocycles. The maximum absolute atomic E-state index is 11.0. The third-order valence-corrected chi connectivity index (χ3v) is 4.97. The van der Waals surface area contributed by atoms with Crippen LogP contribution >= 0.6 is 11.8 Å². The molecular formula is C15H22N2OS. The molecule has 19 heavy (non-hydrogen) atoms. The van der Waals surface area contributed by atoms with Gasteiger partial charge in [-0.2, -0.15) is 11.8 Å². The van der Waals surface area contributed by atoms with Crippen LogP contribution < -0.4 is 11.1 Å². The molecule has 0 saturated heterocycles. The number of nitrogens with two attached hydrogens (primary N) is 1. The Labute approximate surface area is 119 Å². The molecule has 2 rings (SSSR count). The Morgan fingerprint density at radius 2 is 2.11 bits per heavy atom. The van der Waals surface area contributed by atoms with Crippen LogP contribution in [0.2, 0.25) is 0 Å². The van der Waals surface area contributed by atoms with Gasteiger partial charge in [-0.3, -0.25) is 4.79 Å². The van der Waals surface area contributed by atoms with E-state index in [9.17, 15) is 4.79 Å². The van der Waals surface area contributed by atoms with Crippen LogP contribution in [0, 0.1) is 0 Å². The number of carbonyl (C=O) groups excluding carboxylic acids is 1. The van der Waals surface area contributed by atoms with E-state index >= 15 is 0 Å². The maximum Gasteiger partial charge on any atom is 0.248 e. The Bertz CT molecular complexity index is 419. The first-order chi connectivity index (χ1) is 9.20. The summed E-state index contributed by atoms with van der Waals surface area (Å²) in [4.78, 5) is 11.0. The number of primary amides is 1. The normalized spacial score (nSPS) is 22.6. The molecule has 3 N–H and O–H groups in total. The van der Waals surface area contributed by atoms with Gasteiger partial charge < -0.3 is 11.1 Å². The van der Waals surface area contributed by atoms with Gasteiger partial charge in [0.2, 0.25) is 5.91 Å². The van der Waals surface area contributed by atoms with Crippen molar-refractivity contribution < 1.29 is 4.79 Å². The van der Waals surface area contributed by atoms with E-state index in [1.807, 2.05) is 12.1 Å². The fourth-order valence-corrected chi connectivity index (χ4v) is 3.84. The first kappa shape index (κ1) is 14.4. The highest BCUT2D eigenvalue weighted by Gasteiger charge is 2.26. The lowest BCUT2D eigenvalue weighted by Crippen LogP contribution is -2.33. The van der Waals surface area contributed by atoms with Crippen molar-refractivity contribution >= 4 is 17.7 Å². The van der Waals surface area contributed by atoms with Gasteiger partial charge in [0.05, 0.1) is 0 Å². The number of hydrogen-bond acceptors (Lipinski definition) is 3. The predicted octanol–water partition coefficient (Wildman–Crippen LogP) is 2.55. The third-order valence-electron chi connectivity index (χ3n) is 3.64. The van der Waals surface area contributed by atoms with Crippen molar-refractivity contribution in [2.45, 2.75) is 44.0 Å². The van der Waals surface area contributed by atoms with Crippen LogP contribution in [-0.2, 0) is 6.54 Å². The van der Waals surface area contributed by atoms with Crippen LogP contribution in [0.15, 0.2) is 24.3 Å². The number of rotatable bonds is 6. The Hall–Kier alpha value is -1.00. The summed E-state index contributed by atoms with van der Waals surface area (Å²) < 4.78 is 0. The van der Waals surface area contributed by atoms with Crippen molar-refractivity contribution in [3.63, 3.8) is 0 Å². The van der Waals surface area contributed by atoms with Gasteiger partial charge in [-0.15, -0.1) is 0 Å². The number of amides is 1. The van der Waals surface area contributed by atoms with Crippen LogP contribution in [0.25, 0.3) is 0 Å². The van der Waals surface area contributed by atoms with E-state index < -0.39 is 0 Å². The first-order valence-electron chi connectivity index (χ1n) is 6.94. The largest absolute Gasteiger partial charge is 0.366 e. The Balaban J connectivity index is 1.86. The standard InChI is InChI=1S/C15H22N2OS/c1-2-19-14-5-3-4-13(14)17-10-11-6-8-12(9-7-11)15(16)18/h6-9,13-14,17H,2-5,10H2,1H3,(H2,16,18). The fraction of sp³-hybridized carbons (Fsp3) is 0.533. The summed E-state index contributed by atoms with van der Waals surface area (Å²) in [6.07, 6.45) is 3.93. The molecule has 3 nitrogen and oxygen atoms in total.